The molecule has 4 heteroatoms. The van der Waals surface area contributed by atoms with Crippen molar-refractivity contribution in [3.05, 3.63) is 54.6 Å². The molecule has 19 heavy (non-hydrogen) atoms. The van der Waals surface area contributed by atoms with E-state index in [4.69, 9.17) is 10.5 Å². The number of nitrogens with one attached hydrogen (secondary N) is 1. The second-order valence-electron chi connectivity index (χ2n) is 3.74. The normalized spacial score (nSPS) is 8.95. The first-order valence-electron chi connectivity index (χ1n) is 5.63. The van der Waals surface area contributed by atoms with Gasteiger partial charge in [-0.05, 0) is 23.3 Å². The molecule has 2 rings (SSSR count). The number of nitriles is 2. The summed E-state index contributed by atoms with van der Waals surface area (Å²) < 4.78 is 0. The second kappa shape index (κ2) is 6.00. The maximum Gasteiger partial charge on any atom is 0.237 e. The van der Waals surface area contributed by atoms with Crippen molar-refractivity contribution >= 4 is 11.4 Å². The molecule has 0 spiro atoms. The standard InChI is InChI=1S/C15H10N4/c16-10-15(11-17)19-18-14-8-6-13(7-9-14)12-4-2-1-3-5-12/h1-9,18H. The molecule has 0 saturated carbocycles. The molecule has 1 N–H and O–H groups in total. The zero-order valence-corrected chi connectivity index (χ0v) is 10.0. The SMILES string of the molecule is N#CC(C#N)=NNc1ccc(-c2ccccc2)cc1. The molecule has 0 aliphatic rings. The number of hydrogen-bond acceptors (Lipinski definition) is 4. The first-order chi connectivity index (χ1) is 9.33. The molecule has 0 heterocycles. The van der Waals surface area contributed by atoms with Gasteiger partial charge in [-0.1, -0.05) is 42.5 Å². The van der Waals surface area contributed by atoms with Crippen LogP contribution in [0.3, 0.4) is 0 Å². The quantitative estimate of drug-likeness (QED) is 0.667. The average Bonchev–Trinajstić information content (AvgIpc) is 2.50. The average molecular weight is 246 g/mol. The molecule has 0 bridgehead atoms. The van der Waals surface area contributed by atoms with Crippen LogP contribution in [0.1, 0.15) is 0 Å². The zero-order chi connectivity index (χ0) is 13.5. The third kappa shape index (κ3) is 3.18. The van der Waals surface area contributed by atoms with Gasteiger partial charge in [0, 0.05) is 0 Å². The monoisotopic (exact) mass is 246 g/mol. The fourth-order valence-electron chi connectivity index (χ4n) is 1.56. The summed E-state index contributed by atoms with van der Waals surface area (Å²) >= 11 is 0. The van der Waals surface area contributed by atoms with Crippen molar-refractivity contribution in [2.75, 3.05) is 5.43 Å². The minimum Gasteiger partial charge on any atom is -0.277 e. The van der Waals surface area contributed by atoms with Crippen LogP contribution in [-0.2, 0) is 0 Å². The Morgan fingerprint density at radius 1 is 0.842 bits per heavy atom. The Bertz CT molecular complexity index is 642. The molecule has 0 unspecified atom stereocenters. The van der Waals surface area contributed by atoms with Gasteiger partial charge in [0.2, 0.25) is 5.71 Å². The van der Waals surface area contributed by atoms with Crippen molar-refractivity contribution in [2.24, 2.45) is 5.10 Å². The van der Waals surface area contributed by atoms with Gasteiger partial charge in [0.05, 0.1) is 5.69 Å². The number of benzene rings is 2. The van der Waals surface area contributed by atoms with Crippen LogP contribution in [0.15, 0.2) is 59.7 Å². The summed E-state index contributed by atoms with van der Waals surface area (Å²) in [6, 6.07) is 21.0. The van der Waals surface area contributed by atoms with E-state index in [0.717, 1.165) is 16.8 Å². The molecular weight excluding hydrogens is 236 g/mol. The molecule has 0 saturated heterocycles. The van der Waals surface area contributed by atoms with E-state index in [9.17, 15) is 0 Å². The minimum atomic E-state index is -0.202. The lowest BCUT2D eigenvalue weighted by Crippen LogP contribution is -1.96. The Morgan fingerprint density at radius 3 is 2.00 bits per heavy atom. The molecule has 2 aromatic rings. The predicted octanol–water partition coefficient (Wildman–Crippen LogP) is 3.17. The number of rotatable bonds is 3. The summed E-state index contributed by atoms with van der Waals surface area (Å²) in [5.74, 6) is 0. The Hall–Kier alpha value is -3.11. The Morgan fingerprint density at radius 2 is 1.42 bits per heavy atom. The lowest BCUT2D eigenvalue weighted by Gasteiger charge is -2.03. The van der Waals surface area contributed by atoms with Crippen LogP contribution >= 0.6 is 0 Å². The maximum atomic E-state index is 8.55. The smallest absolute Gasteiger partial charge is 0.237 e. The molecule has 0 amide bonds. The van der Waals surface area contributed by atoms with Gasteiger partial charge in [-0.2, -0.15) is 15.6 Å². The van der Waals surface area contributed by atoms with Crippen LogP contribution in [0.2, 0.25) is 0 Å². The van der Waals surface area contributed by atoms with Crippen molar-refractivity contribution in [3.63, 3.8) is 0 Å². The molecular formula is C15H10N4. The van der Waals surface area contributed by atoms with E-state index in [1.54, 1.807) is 12.1 Å². The molecule has 0 fully saturated rings. The fourth-order valence-corrected chi connectivity index (χ4v) is 1.56. The van der Waals surface area contributed by atoms with E-state index in [2.05, 4.69) is 10.5 Å². The maximum absolute atomic E-state index is 8.55. The summed E-state index contributed by atoms with van der Waals surface area (Å²) in [5, 5.41) is 20.8. The van der Waals surface area contributed by atoms with Gasteiger partial charge >= 0.3 is 0 Å². The van der Waals surface area contributed by atoms with Crippen LogP contribution in [0.5, 0.6) is 0 Å². The second-order valence-corrected chi connectivity index (χ2v) is 3.74. The van der Waals surface area contributed by atoms with E-state index in [-0.39, 0.29) is 5.71 Å². The highest BCUT2D eigenvalue weighted by Crippen LogP contribution is 2.20. The molecule has 0 radical (unpaired) electrons. The number of hydrogen-bond donors (Lipinski definition) is 1. The van der Waals surface area contributed by atoms with E-state index in [1.807, 2.05) is 54.6 Å². The zero-order valence-electron chi connectivity index (χ0n) is 10.0. The summed E-state index contributed by atoms with van der Waals surface area (Å²) in [6.45, 7) is 0. The Labute approximate surface area is 111 Å². The van der Waals surface area contributed by atoms with Crippen molar-refractivity contribution in [1.82, 2.24) is 0 Å². The predicted molar refractivity (Wildman–Crippen MR) is 74.2 cm³/mol. The van der Waals surface area contributed by atoms with E-state index >= 15 is 0 Å². The summed E-state index contributed by atoms with van der Waals surface area (Å²) in [5.41, 5.74) is 5.42. The fraction of sp³-hybridized carbons (Fsp3) is 0. The molecule has 90 valence electrons. The van der Waals surface area contributed by atoms with Crippen molar-refractivity contribution in [3.8, 4) is 23.3 Å². The van der Waals surface area contributed by atoms with Crippen molar-refractivity contribution < 1.29 is 0 Å². The van der Waals surface area contributed by atoms with Crippen LogP contribution in [0.25, 0.3) is 11.1 Å². The summed E-state index contributed by atoms with van der Waals surface area (Å²) in [7, 11) is 0. The highest BCUT2D eigenvalue weighted by atomic mass is 15.3. The van der Waals surface area contributed by atoms with Gasteiger partial charge in [-0.3, -0.25) is 5.43 Å². The van der Waals surface area contributed by atoms with E-state index in [1.165, 1.54) is 0 Å². The van der Waals surface area contributed by atoms with Crippen molar-refractivity contribution in [2.45, 2.75) is 0 Å². The lowest BCUT2D eigenvalue weighted by molar-refractivity contribution is 1.34. The highest BCUT2D eigenvalue weighted by molar-refractivity contribution is 6.10. The van der Waals surface area contributed by atoms with Crippen LogP contribution in [0.4, 0.5) is 5.69 Å². The lowest BCUT2D eigenvalue weighted by atomic mass is 10.1. The van der Waals surface area contributed by atoms with Gasteiger partial charge in [-0.15, -0.1) is 0 Å². The van der Waals surface area contributed by atoms with Gasteiger partial charge in [0.1, 0.15) is 12.1 Å². The highest BCUT2D eigenvalue weighted by Gasteiger charge is 1.97. The molecule has 0 aliphatic heterocycles. The largest absolute Gasteiger partial charge is 0.277 e. The van der Waals surface area contributed by atoms with Crippen LogP contribution in [-0.4, -0.2) is 5.71 Å². The molecule has 2 aromatic carbocycles. The molecule has 0 aromatic heterocycles. The van der Waals surface area contributed by atoms with E-state index in [0.29, 0.717) is 0 Å². The van der Waals surface area contributed by atoms with Crippen molar-refractivity contribution in [1.29, 1.82) is 10.5 Å². The van der Waals surface area contributed by atoms with Gasteiger partial charge in [0.25, 0.3) is 0 Å². The Balaban J connectivity index is 2.15. The van der Waals surface area contributed by atoms with E-state index < -0.39 is 0 Å². The minimum absolute atomic E-state index is 0.202. The van der Waals surface area contributed by atoms with Gasteiger partial charge in [-0.25, -0.2) is 0 Å². The topological polar surface area (TPSA) is 72.0 Å². The third-order valence-corrected chi connectivity index (χ3v) is 2.50. The summed E-state index contributed by atoms with van der Waals surface area (Å²) in [4.78, 5) is 0. The van der Waals surface area contributed by atoms with Gasteiger partial charge < -0.3 is 0 Å². The molecule has 4 nitrogen and oxygen atoms in total. The van der Waals surface area contributed by atoms with Gasteiger partial charge in [0.15, 0.2) is 0 Å². The van der Waals surface area contributed by atoms with Crippen LogP contribution in [0, 0.1) is 22.7 Å². The summed E-state index contributed by atoms with van der Waals surface area (Å²) in [6.07, 6.45) is 0. The Kier molecular flexibility index (Phi) is 3.90. The number of nitrogens with zero attached hydrogens (tertiary/aromatic N) is 3. The molecule has 0 aliphatic carbocycles. The molecule has 0 atom stereocenters. The van der Waals surface area contributed by atoms with Crippen LogP contribution < -0.4 is 5.43 Å². The third-order valence-electron chi connectivity index (χ3n) is 2.50. The first kappa shape index (κ1) is 12.3. The number of hydrazone groups is 1. The number of anilines is 1. The first-order valence-corrected chi connectivity index (χ1v) is 5.63.